The summed E-state index contributed by atoms with van der Waals surface area (Å²) in [6, 6.07) is 0.662. The molecule has 1 aromatic heterocycles. The zero-order valence-electron chi connectivity index (χ0n) is 12.1. The van der Waals surface area contributed by atoms with Crippen LogP contribution in [-0.2, 0) is 10.0 Å². The second kappa shape index (κ2) is 6.12. The van der Waals surface area contributed by atoms with Gasteiger partial charge in [0.05, 0.1) is 5.69 Å². The Hall–Kier alpha value is -0.210. The van der Waals surface area contributed by atoms with Crippen LogP contribution in [0.15, 0.2) is 4.21 Å². The molecule has 21 heavy (non-hydrogen) atoms. The summed E-state index contributed by atoms with van der Waals surface area (Å²) < 4.78 is 27.5. The van der Waals surface area contributed by atoms with Gasteiger partial charge in [-0.05, 0) is 19.8 Å². The summed E-state index contributed by atoms with van der Waals surface area (Å²) in [5.74, 6) is 0. The van der Waals surface area contributed by atoms with Crippen molar-refractivity contribution in [1.29, 1.82) is 0 Å². The highest BCUT2D eigenvalue weighted by Gasteiger charge is 2.34. The van der Waals surface area contributed by atoms with Gasteiger partial charge in [-0.25, -0.2) is 13.4 Å². The van der Waals surface area contributed by atoms with Crippen LogP contribution in [0.2, 0.25) is 4.47 Å². The number of hydrogen-bond acceptors (Lipinski definition) is 5. The second-order valence-corrected chi connectivity index (χ2v) is 9.43. The summed E-state index contributed by atoms with van der Waals surface area (Å²) in [4.78, 5) is 6.47. The van der Waals surface area contributed by atoms with Gasteiger partial charge in [0.15, 0.2) is 8.68 Å². The van der Waals surface area contributed by atoms with Crippen LogP contribution in [0.5, 0.6) is 0 Å². The summed E-state index contributed by atoms with van der Waals surface area (Å²) in [7, 11) is -3.44. The first-order chi connectivity index (χ1) is 9.98. The van der Waals surface area contributed by atoms with Gasteiger partial charge in [-0.15, -0.1) is 0 Å². The fourth-order valence-corrected chi connectivity index (χ4v) is 6.58. The molecule has 0 N–H and O–H groups in total. The standard InChI is InChI=1S/C13H20ClN3O2S2/c1-10-12(20-13(14)15-10)21(18,19)17-8-6-16(7-9-17)11-4-2-3-5-11/h11H,2-9H2,1H3. The normalized spacial score (nSPS) is 23.0. The molecule has 2 aliphatic rings. The van der Waals surface area contributed by atoms with Crippen molar-refractivity contribution in [1.82, 2.24) is 14.2 Å². The van der Waals surface area contributed by atoms with Gasteiger partial charge >= 0.3 is 0 Å². The zero-order chi connectivity index (χ0) is 15.0. The van der Waals surface area contributed by atoms with Gasteiger partial charge in [-0.2, -0.15) is 4.31 Å². The minimum Gasteiger partial charge on any atom is -0.298 e. The Balaban J connectivity index is 1.69. The van der Waals surface area contributed by atoms with E-state index in [4.69, 9.17) is 11.6 Å². The highest BCUT2D eigenvalue weighted by molar-refractivity contribution is 7.91. The van der Waals surface area contributed by atoms with Gasteiger partial charge in [-0.1, -0.05) is 35.8 Å². The Bertz CT molecular complexity index is 603. The number of thiazole rings is 1. The summed E-state index contributed by atoms with van der Waals surface area (Å²) >= 11 is 6.89. The van der Waals surface area contributed by atoms with Gasteiger partial charge in [0.1, 0.15) is 0 Å². The van der Waals surface area contributed by atoms with Crippen LogP contribution in [0.1, 0.15) is 31.4 Å². The molecule has 0 spiro atoms. The molecule has 0 aromatic carbocycles. The third-order valence-electron chi connectivity index (χ3n) is 4.42. The summed E-state index contributed by atoms with van der Waals surface area (Å²) in [5.41, 5.74) is 0.503. The fourth-order valence-electron chi connectivity index (χ4n) is 3.29. The zero-order valence-corrected chi connectivity index (χ0v) is 14.5. The van der Waals surface area contributed by atoms with E-state index in [0.717, 1.165) is 24.4 Å². The van der Waals surface area contributed by atoms with Crippen molar-refractivity contribution >= 4 is 33.0 Å². The van der Waals surface area contributed by atoms with E-state index in [1.807, 2.05) is 0 Å². The number of piperazine rings is 1. The SMILES string of the molecule is Cc1nc(Cl)sc1S(=O)(=O)N1CCN(C2CCCC2)CC1. The van der Waals surface area contributed by atoms with E-state index >= 15 is 0 Å². The van der Waals surface area contributed by atoms with Crippen molar-refractivity contribution in [2.75, 3.05) is 26.2 Å². The minimum atomic E-state index is -3.44. The maximum Gasteiger partial charge on any atom is 0.254 e. The van der Waals surface area contributed by atoms with E-state index < -0.39 is 10.0 Å². The van der Waals surface area contributed by atoms with Crippen LogP contribution in [0.3, 0.4) is 0 Å². The first-order valence-electron chi connectivity index (χ1n) is 7.35. The van der Waals surface area contributed by atoms with Gasteiger partial charge in [-0.3, -0.25) is 4.90 Å². The first-order valence-corrected chi connectivity index (χ1v) is 9.99. The lowest BCUT2D eigenvalue weighted by molar-refractivity contribution is 0.139. The van der Waals surface area contributed by atoms with E-state index in [2.05, 4.69) is 9.88 Å². The third kappa shape index (κ3) is 3.12. The quantitative estimate of drug-likeness (QED) is 0.840. The largest absolute Gasteiger partial charge is 0.298 e. The molecule has 3 rings (SSSR count). The number of sulfonamides is 1. The maximum atomic E-state index is 12.7. The Morgan fingerprint density at radius 1 is 1.19 bits per heavy atom. The molecule has 2 heterocycles. The van der Waals surface area contributed by atoms with E-state index in [1.54, 1.807) is 11.2 Å². The minimum absolute atomic E-state index is 0.288. The molecule has 0 radical (unpaired) electrons. The number of halogens is 1. The molecular formula is C13H20ClN3O2S2. The van der Waals surface area contributed by atoms with Crippen molar-refractivity contribution in [3.63, 3.8) is 0 Å². The predicted molar refractivity (Wildman–Crippen MR) is 84.4 cm³/mol. The van der Waals surface area contributed by atoms with Crippen molar-refractivity contribution in [2.45, 2.75) is 42.9 Å². The highest BCUT2D eigenvalue weighted by Crippen LogP contribution is 2.31. The lowest BCUT2D eigenvalue weighted by atomic mass is 10.2. The molecule has 0 unspecified atom stereocenters. The van der Waals surface area contributed by atoms with Gasteiger partial charge in [0.2, 0.25) is 0 Å². The van der Waals surface area contributed by atoms with E-state index in [0.29, 0.717) is 29.0 Å². The van der Waals surface area contributed by atoms with Crippen molar-refractivity contribution in [3.8, 4) is 0 Å². The van der Waals surface area contributed by atoms with Crippen LogP contribution >= 0.6 is 22.9 Å². The summed E-state index contributed by atoms with van der Waals surface area (Å²) in [6.07, 6.45) is 5.14. The molecule has 118 valence electrons. The maximum absolute atomic E-state index is 12.7. The van der Waals surface area contributed by atoms with Crippen molar-refractivity contribution in [3.05, 3.63) is 10.2 Å². The Kier molecular flexibility index (Phi) is 4.57. The smallest absolute Gasteiger partial charge is 0.254 e. The molecule has 1 saturated heterocycles. The molecule has 0 atom stereocenters. The highest BCUT2D eigenvalue weighted by atomic mass is 35.5. The fraction of sp³-hybridized carbons (Fsp3) is 0.769. The van der Waals surface area contributed by atoms with Crippen LogP contribution in [-0.4, -0.2) is 54.8 Å². The molecular weight excluding hydrogens is 330 g/mol. The van der Waals surface area contributed by atoms with Crippen molar-refractivity contribution in [2.24, 2.45) is 0 Å². The molecule has 2 fully saturated rings. The lowest BCUT2D eigenvalue weighted by Gasteiger charge is -2.37. The van der Waals surface area contributed by atoms with Crippen molar-refractivity contribution < 1.29 is 8.42 Å². The van der Waals surface area contributed by atoms with Gasteiger partial charge in [0.25, 0.3) is 10.0 Å². The van der Waals surface area contributed by atoms with Crippen LogP contribution in [0, 0.1) is 6.92 Å². The molecule has 8 heteroatoms. The lowest BCUT2D eigenvalue weighted by Crippen LogP contribution is -2.51. The molecule has 1 aromatic rings. The monoisotopic (exact) mass is 349 g/mol. The van der Waals surface area contributed by atoms with E-state index in [-0.39, 0.29) is 4.47 Å². The van der Waals surface area contributed by atoms with E-state index in [9.17, 15) is 8.42 Å². The van der Waals surface area contributed by atoms with E-state index in [1.165, 1.54) is 25.7 Å². The van der Waals surface area contributed by atoms with Crippen LogP contribution in [0.25, 0.3) is 0 Å². The van der Waals surface area contributed by atoms with Crippen LogP contribution < -0.4 is 0 Å². The number of rotatable bonds is 3. The Morgan fingerprint density at radius 3 is 2.33 bits per heavy atom. The average molecular weight is 350 g/mol. The molecule has 0 amide bonds. The topological polar surface area (TPSA) is 53.5 Å². The summed E-state index contributed by atoms with van der Waals surface area (Å²) in [6.45, 7) is 4.48. The Morgan fingerprint density at radius 2 is 1.81 bits per heavy atom. The average Bonchev–Trinajstić information content (AvgIpc) is 3.09. The van der Waals surface area contributed by atoms with Gasteiger partial charge in [0, 0.05) is 32.2 Å². The third-order valence-corrected chi connectivity index (χ3v) is 8.16. The molecule has 0 bridgehead atoms. The molecule has 5 nitrogen and oxygen atoms in total. The number of aryl methyl sites for hydroxylation is 1. The predicted octanol–water partition coefficient (Wildman–Crippen LogP) is 2.35. The second-order valence-electron chi connectivity index (χ2n) is 5.72. The molecule has 1 aliphatic heterocycles. The van der Waals surface area contributed by atoms with Crippen LogP contribution in [0.4, 0.5) is 0 Å². The molecule has 1 saturated carbocycles. The Labute approximate surface area is 135 Å². The first kappa shape index (κ1) is 15.7. The number of aromatic nitrogens is 1. The number of nitrogens with zero attached hydrogens (tertiary/aromatic N) is 3. The number of hydrogen-bond donors (Lipinski definition) is 0. The summed E-state index contributed by atoms with van der Waals surface area (Å²) in [5, 5.41) is 0. The van der Waals surface area contributed by atoms with Gasteiger partial charge < -0.3 is 0 Å². The molecule has 1 aliphatic carbocycles.